The molecule has 1 amide bonds. The zero-order valence-corrected chi connectivity index (χ0v) is 11.6. The molecule has 0 aliphatic carbocycles. The van der Waals surface area contributed by atoms with Gasteiger partial charge in [0, 0.05) is 18.6 Å². The van der Waals surface area contributed by atoms with Crippen molar-refractivity contribution in [2.75, 3.05) is 11.9 Å². The van der Waals surface area contributed by atoms with Crippen molar-refractivity contribution in [3.8, 4) is 0 Å². The molecule has 0 aliphatic rings. The first-order valence-corrected chi connectivity index (χ1v) is 6.48. The maximum Gasteiger partial charge on any atom is 0.224 e. The first-order valence-electron chi connectivity index (χ1n) is 6.48. The van der Waals surface area contributed by atoms with Crippen molar-refractivity contribution in [1.82, 2.24) is 0 Å². The predicted molar refractivity (Wildman–Crippen MR) is 71.6 cm³/mol. The van der Waals surface area contributed by atoms with E-state index in [9.17, 15) is 18.0 Å². The maximum atomic E-state index is 13.4. The van der Waals surface area contributed by atoms with Crippen molar-refractivity contribution in [3.05, 3.63) is 29.6 Å². The second kappa shape index (κ2) is 7.28. The van der Waals surface area contributed by atoms with Crippen LogP contribution in [0.2, 0.25) is 0 Å². The van der Waals surface area contributed by atoms with Gasteiger partial charge in [0.2, 0.25) is 5.91 Å². The summed E-state index contributed by atoms with van der Waals surface area (Å²) in [7, 11) is 0. The van der Waals surface area contributed by atoms with Crippen LogP contribution in [0.1, 0.15) is 26.7 Å². The van der Waals surface area contributed by atoms with Crippen LogP contribution in [0.5, 0.6) is 0 Å². The van der Waals surface area contributed by atoms with Crippen LogP contribution in [-0.4, -0.2) is 12.5 Å². The Morgan fingerprint density at radius 1 is 1.30 bits per heavy atom. The summed E-state index contributed by atoms with van der Waals surface area (Å²) >= 11 is 0. The normalized spacial score (nSPS) is 12.6. The van der Waals surface area contributed by atoms with E-state index in [0.717, 1.165) is 12.5 Å². The highest BCUT2D eigenvalue weighted by molar-refractivity contribution is 5.91. The molecule has 0 spiro atoms. The second-order valence-electron chi connectivity index (χ2n) is 5.23. The number of hydrogen-bond donors (Lipinski definition) is 2. The van der Waals surface area contributed by atoms with E-state index in [1.54, 1.807) is 0 Å². The van der Waals surface area contributed by atoms with Crippen molar-refractivity contribution in [3.63, 3.8) is 0 Å². The van der Waals surface area contributed by atoms with Crippen LogP contribution in [0.25, 0.3) is 0 Å². The molecule has 1 rings (SSSR count). The summed E-state index contributed by atoms with van der Waals surface area (Å²) in [5.41, 5.74) is 5.07. The number of carbonyl (C=O) groups is 1. The molecule has 0 unspecified atom stereocenters. The molecule has 0 aromatic heterocycles. The molecule has 0 saturated heterocycles. The van der Waals surface area contributed by atoms with E-state index in [4.69, 9.17) is 5.73 Å². The SMILES string of the molecule is CC(C)C[C@H](CN)CC(=O)Nc1cc(F)cc(F)c1F. The van der Waals surface area contributed by atoms with Gasteiger partial charge in [-0.15, -0.1) is 0 Å². The zero-order chi connectivity index (χ0) is 15.3. The molecule has 0 fully saturated rings. The van der Waals surface area contributed by atoms with Crippen LogP contribution in [0.15, 0.2) is 12.1 Å². The lowest BCUT2D eigenvalue weighted by Gasteiger charge is -2.16. The van der Waals surface area contributed by atoms with Crippen molar-refractivity contribution in [2.45, 2.75) is 26.7 Å². The van der Waals surface area contributed by atoms with Gasteiger partial charge in [-0.25, -0.2) is 13.2 Å². The fourth-order valence-corrected chi connectivity index (χ4v) is 2.04. The molecule has 1 aromatic carbocycles. The molecule has 112 valence electrons. The molecule has 6 heteroatoms. The number of carbonyl (C=O) groups excluding carboxylic acids is 1. The van der Waals surface area contributed by atoms with Gasteiger partial charge in [0.15, 0.2) is 11.6 Å². The fraction of sp³-hybridized carbons (Fsp3) is 0.500. The minimum Gasteiger partial charge on any atom is -0.330 e. The number of nitrogens with one attached hydrogen (secondary N) is 1. The highest BCUT2D eigenvalue weighted by Crippen LogP contribution is 2.21. The van der Waals surface area contributed by atoms with Gasteiger partial charge in [0.05, 0.1) is 5.69 Å². The Morgan fingerprint density at radius 3 is 2.50 bits per heavy atom. The van der Waals surface area contributed by atoms with Gasteiger partial charge in [-0.05, 0) is 24.8 Å². The minimum absolute atomic E-state index is 0.0449. The van der Waals surface area contributed by atoms with Gasteiger partial charge in [0.25, 0.3) is 0 Å². The van der Waals surface area contributed by atoms with Crippen molar-refractivity contribution in [2.24, 2.45) is 17.6 Å². The summed E-state index contributed by atoms with van der Waals surface area (Å²) in [5.74, 6) is -3.73. The summed E-state index contributed by atoms with van der Waals surface area (Å²) in [6.45, 7) is 4.33. The van der Waals surface area contributed by atoms with E-state index in [0.29, 0.717) is 18.5 Å². The Kier molecular flexibility index (Phi) is 6.01. The zero-order valence-electron chi connectivity index (χ0n) is 11.6. The molecule has 0 heterocycles. The molecule has 20 heavy (non-hydrogen) atoms. The molecule has 3 N–H and O–H groups in total. The second-order valence-corrected chi connectivity index (χ2v) is 5.23. The third-order valence-electron chi connectivity index (χ3n) is 2.88. The molecule has 0 bridgehead atoms. The van der Waals surface area contributed by atoms with E-state index >= 15 is 0 Å². The fourth-order valence-electron chi connectivity index (χ4n) is 2.04. The van der Waals surface area contributed by atoms with Crippen LogP contribution in [0.3, 0.4) is 0 Å². The molecule has 1 aromatic rings. The van der Waals surface area contributed by atoms with Crippen LogP contribution in [-0.2, 0) is 4.79 Å². The lowest BCUT2D eigenvalue weighted by Crippen LogP contribution is -2.24. The summed E-state index contributed by atoms with van der Waals surface area (Å²) in [5, 5.41) is 2.18. The molecular weight excluding hydrogens is 269 g/mol. The van der Waals surface area contributed by atoms with Crippen LogP contribution in [0, 0.1) is 29.3 Å². The lowest BCUT2D eigenvalue weighted by atomic mass is 9.94. The van der Waals surface area contributed by atoms with Crippen molar-refractivity contribution in [1.29, 1.82) is 0 Å². The highest BCUT2D eigenvalue weighted by Gasteiger charge is 2.17. The van der Waals surface area contributed by atoms with E-state index in [1.165, 1.54) is 0 Å². The number of rotatable bonds is 6. The molecular formula is C14H19F3N2O. The van der Waals surface area contributed by atoms with Crippen molar-refractivity contribution >= 4 is 11.6 Å². The summed E-state index contributed by atoms with van der Waals surface area (Å²) in [6.07, 6.45) is 0.843. The number of halogens is 3. The van der Waals surface area contributed by atoms with E-state index < -0.39 is 29.0 Å². The Morgan fingerprint density at radius 2 is 1.95 bits per heavy atom. The van der Waals surface area contributed by atoms with Crippen LogP contribution >= 0.6 is 0 Å². The topological polar surface area (TPSA) is 55.1 Å². The number of nitrogens with two attached hydrogens (primary N) is 1. The Bertz CT molecular complexity index is 478. The number of amides is 1. The number of hydrogen-bond acceptors (Lipinski definition) is 2. The van der Waals surface area contributed by atoms with Gasteiger partial charge in [-0.2, -0.15) is 0 Å². The number of benzene rings is 1. The molecule has 0 radical (unpaired) electrons. The van der Waals surface area contributed by atoms with Crippen LogP contribution in [0.4, 0.5) is 18.9 Å². The van der Waals surface area contributed by atoms with Gasteiger partial charge >= 0.3 is 0 Å². The first kappa shape index (κ1) is 16.5. The molecule has 0 saturated carbocycles. The van der Waals surface area contributed by atoms with Crippen LogP contribution < -0.4 is 11.1 Å². The summed E-state index contributed by atoms with van der Waals surface area (Å²) in [6, 6.07) is 1.17. The average molecular weight is 288 g/mol. The standard InChI is InChI=1S/C14H19F3N2O/c1-8(2)3-9(7-18)4-13(20)19-12-6-10(15)5-11(16)14(12)17/h5-6,8-9H,3-4,7,18H2,1-2H3,(H,19,20)/t9-/m0/s1. The van der Waals surface area contributed by atoms with Gasteiger partial charge in [-0.3, -0.25) is 4.79 Å². The minimum atomic E-state index is -1.34. The Hall–Kier alpha value is -1.56. The van der Waals surface area contributed by atoms with Gasteiger partial charge in [0.1, 0.15) is 5.82 Å². The number of anilines is 1. The third-order valence-corrected chi connectivity index (χ3v) is 2.88. The monoisotopic (exact) mass is 288 g/mol. The van der Waals surface area contributed by atoms with Gasteiger partial charge in [-0.1, -0.05) is 13.8 Å². The Balaban J connectivity index is 2.71. The first-order chi connectivity index (χ1) is 9.33. The van der Waals surface area contributed by atoms with E-state index in [-0.39, 0.29) is 12.3 Å². The van der Waals surface area contributed by atoms with Crippen molar-refractivity contribution < 1.29 is 18.0 Å². The average Bonchev–Trinajstić information content (AvgIpc) is 2.33. The molecule has 3 nitrogen and oxygen atoms in total. The maximum absolute atomic E-state index is 13.4. The Labute approximate surface area is 116 Å². The largest absolute Gasteiger partial charge is 0.330 e. The third kappa shape index (κ3) is 4.85. The molecule has 0 aliphatic heterocycles. The lowest BCUT2D eigenvalue weighted by molar-refractivity contribution is -0.117. The summed E-state index contributed by atoms with van der Waals surface area (Å²) in [4.78, 5) is 11.8. The van der Waals surface area contributed by atoms with Gasteiger partial charge < -0.3 is 11.1 Å². The van der Waals surface area contributed by atoms with E-state index in [1.807, 2.05) is 13.8 Å². The quantitative estimate of drug-likeness (QED) is 0.790. The highest BCUT2D eigenvalue weighted by atomic mass is 19.2. The predicted octanol–water partition coefficient (Wildman–Crippen LogP) is 3.05. The smallest absolute Gasteiger partial charge is 0.224 e. The van der Waals surface area contributed by atoms with E-state index in [2.05, 4.69) is 5.32 Å². The summed E-state index contributed by atoms with van der Waals surface area (Å²) < 4.78 is 39.4. The molecule has 1 atom stereocenters.